The number of nitrogens with one attached hydrogen (secondary N) is 1. The van der Waals surface area contributed by atoms with Crippen LogP contribution in [0.4, 0.5) is 5.69 Å². The molecule has 0 bridgehead atoms. The van der Waals surface area contributed by atoms with Crippen LogP contribution in [-0.2, 0) is 9.53 Å². The van der Waals surface area contributed by atoms with E-state index in [1.807, 2.05) is 25.1 Å². The number of nitrogens with two attached hydrogens (primary N) is 1. The second-order valence-electron chi connectivity index (χ2n) is 3.81. The Balaban J connectivity index is 2.64. The monoisotopic (exact) mass is 300 g/mol. The van der Waals surface area contributed by atoms with E-state index in [0.717, 1.165) is 15.7 Å². The van der Waals surface area contributed by atoms with E-state index in [2.05, 4.69) is 21.2 Å². The van der Waals surface area contributed by atoms with Crippen LogP contribution in [0.25, 0.3) is 0 Å². The van der Waals surface area contributed by atoms with Crippen molar-refractivity contribution in [2.45, 2.75) is 19.4 Å². The number of amides is 1. The van der Waals surface area contributed by atoms with Gasteiger partial charge in [-0.1, -0.05) is 12.1 Å². The normalized spacial score (nSPS) is 12.2. The molecule has 0 spiro atoms. The van der Waals surface area contributed by atoms with E-state index in [0.29, 0.717) is 13.0 Å². The number of halogens is 1. The molecule has 0 saturated heterocycles. The van der Waals surface area contributed by atoms with Crippen LogP contribution in [0, 0.1) is 6.92 Å². The molecule has 0 heterocycles. The number of carbonyl (C=O) groups is 1. The molecule has 3 N–H and O–H groups in total. The molecule has 1 unspecified atom stereocenters. The first-order valence-electron chi connectivity index (χ1n) is 5.36. The van der Waals surface area contributed by atoms with E-state index in [9.17, 15) is 4.79 Å². The minimum atomic E-state index is -0.553. The van der Waals surface area contributed by atoms with Gasteiger partial charge in [0.2, 0.25) is 5.91 Å². The molecule has 0 aliphatic carbocycles. The van der Waals surface area contributed by atoms with Crippen LogP contribution in [0.15, 0.2) is 22.7 Å². The molecule has 1 rings (SSSR count). The number of rotatable bonds is 5. The molecule has 0 saturated carbocycles. The summed E-state index contributed by atoms with van der Waals surface area (Å²) in [5, 5.41) is 2.79. The molecule has 0 fully saturated rings. The molecule has 0 aliphatic rings. The summed E-state index contributed by atoms with van der Waals surface area (Å²) in [6.07, 6.45) is 0.506. The highest BCUT2D eigenvalue weighted by molar-refractivity contribution is 9.10. The summed E-state index contributed by atoms with van der Waals surface area (Å²) in [5.74, 6) is -0.201. The van der Waals surface area contributed by atoms with E-state index >= 15 is 0 Å². The Labute approximate surface area is 110 Å². The smallest absolute Gasteiger partial charge is 0.241 e. The van der Waals surface area contributed by atoms with Gasteiger partial charge in [-0.3, -0.25) is 4.79 Å². The number of methoxy groups -OCH3 is 1. The fourth-order valence-electron chi connectivity index (χ4n) is 1.35. The Morgan fingerprint density at radius 3 is 2.94 bits per heavy atom. The van der Waals surface area contributed by atoms with Crippen LogP contribution in [0.2, 0.25) is 0 Å². The summed E-state index contributed by atoms with van der Waals surface area (Å²) in [6.45, 7) is 2.44. The second kappa shape index (κ2) is 6.74. The van der Waals surface area contributed by atoms with Gasteiger partial charge in [0.15, 0.2) is 0 Å². The third kappa shape index (κ3) is 4.11. The van der Waals surface area contributed by atoms with Gasteiger partial charge >= 0.3 is 0 Å². The van der Waals surface area contributed by atoms with Crippen molar-refractivity contribution in [3.63, 3.8) is 0 Å². The minimum Gasteiger partial charge on any atom is -0.385 e. The quantitative estimate of drug-likeness (QED) is 0.875. The van der Waals surface area contributed by atoms with Crippen molar-refractivity contribution in [3.8, 4) is 0 Å². The molecule has 4 nitrogen and oxygen atoms in total. The molecule has 1 amide bonds. The van der Waals surface area contributed by atoms with Crippen molar-refractivity contribution in [3.05, 3.63) is 28.2 Å². The van der Waals surface area contributed by atoms with E-state index in [4.69, 9.17) is 10.5 Å². The van der Waals surface area contributed by atoms with Gasteiger partial charge in [0.1, 0.15) is 0 Å². The highest BCUT2D eigenvalue weighted by Gasteiger charge is 2.14. The van der Waals surface area contributed by atoms with Gasteiger partial charge in [0, 0.05) is 18.2 Å². The standard InChI is InChI=1S/C12H17BrN2O2/c1-8-4-3-5-10(11(8)13)15-12(16)9(14)6-7-17-2/h3-5,9H,6-7,14H2,1-2H3,(H,15,16). The summed E-state index contributed by atoms with van der Waals surface area (Å²) < 4.78 is 5.77. The van der Waals surface area contributed by atoms with Crippen molar-refractivity contribution in [2.75, 3.05) is 19.0 Å². The van der Waals surface area contributed by atoms with Crippen LogP contribution < -0.4 is 11.1 Å². The number of hydrogen-bond donors (Lipinski definition) is 2. The van der Waals surface area contributed by atoms with Gasteiger partial charge in [-0.2, -0.15) is 0 Å². The molecule has 17 heavy (non-hydrogen) atoms. The lowest BCUT2D eigenvalue weighted by Gasteiger charge is -2.13. The van der Waals surface area contributed by atoms with Crippen molar-refractivity contribution >= 4 is 27.5 Å². The summed E-state index contributed by atoms with van der Waals surface area (Å²) in [7, 11) is 1.59. The van der Waals surface area contributed by atoms with Crippen LogP contribution in [0.3, 0.4) is 0 Å². The highest BCUT2D eigenvalue weighted by Crippen LogP contribution is 2.25. The maximum absolute atomic E-state index is 11.8. The topological polar surface area (TPSA) is 64.3 Å². The first-order valence-corrected chi connectivity index (χ1v) is 6.16. The number of benzene rings is 1. The Hall–Kier alpha value is -0.910. The van der Waals surface area contributed by atoms with Crippen molar-refractivity contribution in [2.24, 2.45) is 5.73 Å². The largest absolute Gasteiger partial charge is 0.385 e. The highest BCUT2D eigenvalue weighted by atomic mass is 79.9. The van der Waals surface area contributed by atoms with Crippen molar-refractivity contribution in [1.82, 2.24) is 0 Å². The minimum absolute atomic E-state index is 0.201. The van der Waals surface area contributed by atoms with E-state index < -0.39 is 6.04 Å². The van der Waals surface area contributed by atoms with Crippen molar-refractivity contribution < 1.29 is 9.53 Å². The van der Waals surface area contributed by atoms with Gasteiger partial charge in [0.05, 0.1) is 11.7 Å². The Morgan fingerprint density at radius 1 is 1.59 bits per heavy atom. The molecule has 5 heteroatoms. The molecule has 94 valence electrons. The maximum Gasteiger partial charge on any atom is 0.241 e. The lowest BCUT2D eigenvalue weighted by Crippen LogP contribution is -2.36. The van der Waals surface area contributed by atoms with Crippen LogP contribution in [0.1, 0.15) is 12.0 Å². The van der Waals surface area contributed by atoms with Gasteiger partial charge in [0.25, 0.3) is 0 Å². The fraction of sp³-hybridized carbons (Fsp3) is 0.417. The van der Waals surface area contributed by atoms with E-state index in [1.165, 1.54) is 0 Å². The number of hydrogen-bond acceptors (Lipinski definition) is 3. The lowest BCUT2D eigenvalue weighted by atomic mass is 10.2. The summed E-state index contributed by atoms with van der Waals surface area (Å²) in [6, 6.07) is 5.13. The average molecular weight is 301 g/mol. The lowest BCUT2D eigenvalue weighted by molar-refractivity contribution is -0.117. The molecular weight excluding hydrogens is 284 g/mol. The zero-order valence-electron chi connectivity index (χ0n) is 10.00. The van der Waals surface area contributed by atoms with Crippen LogP contribution in [0.5, 0.6) is 0 Å². The predicted octanol–water partition coefficient (Wildman–Crippen LogP) is 2.06. The zero-order valence-corrected chi connectivity index (χ0v) is 11.6. The predicted molar refractivity (Wildman–Crippen MR) is 72.0 cm³/mol. The van der Waals surface area contributed by atoms with Gasteiger partial charge < -0.3 is 15.8 Å². The summed E-state index contributed by atoms with van der Waals surface area (Å²) in [5.41, 5.74) is 7.53. The molecule has 1 aromatic rings. The van der Waals surface area contributed by atoms with E-state index in [-0.39, 0.29) is 5.91 Å². The molecule has 0 aliphatic heterocycles. The second-order valence-corrected chi connectivity index (χ2v) is 4.61. The maximum atomic E-state index is 11.8. The van der Waals surface area contributed by atoms with Gasteiger partial charge in [-0.05, 0) is 40.9 Å². The zero-order chi connectivity index (χ0) is 12.8. The SMILES string of the molecule is COCCC(N)C(=O)Nc1cccc(C)c1Br. The average Bonchev–Trinajstić information content (AvgIpc) is 2.31. The third-order valence-electron chi connectivity index (χ3n) is 2.42. The third-order valence-corrected chi connectivity index (χ3v) is 3.47. The molecule has 1 aromatic carbocycles. The summed E-state index contributed by atoms with van der Waals surface area (Å²) >= 11 is 3.43. The van der Waals surface area contributed by atoms with Crippen molar-refractivity contribution in [1.29, 1.82) is 0 Å². The Morgan fingerprint density at radius 2 is 2.29 bits per heavy atom. The number of carbonyl (C=O) groups excluding carboxylic acids is 1. The van der Waals surface area contributed by atoms with Crippen LogP contribution in [-0.4, -0.2) is 25.7 Å². The first kappa shape index (κ1) is 14.2. The molecule has 0 radical (unpaired) electrons. The molecular formula is C12H17BrN2O2. The number of ether oxygens (including phenoxy) is 1. The van der Waals surface area contributed by atoms with E-state index in [1.54, 1.807) is 7.11 Å². The number of aryl methyl sites for hydroxylation is 1. The number of anilines is 1. The molecule has 0 aromatic heterocycles. The fourth-order valence-corrected chi connectivity index (χ4v) is 1.71. The van der Waals surface area contributed by atoms with Gasteiger partial charge in [-0.15, -0.1) is 0 Å². The van der Waals surface area contributed by atoms with Gasteiger partial charge in [-0.25, -0.2) is 0 Å². The Kier molecular flexibility index (Phi) is 5.61. The molecule has 1 atom stereocenters. The Bertz CT molecular complexity index is 396. The first-order chi connectivity index (χ1) is 8.06. The van der Waals surface area contributed by atoms with Crippen LogP contribution >= 0.6 is 15.9 Å². The summed E-state index contributed by atoms with van der Waals surface area (Å²) in [4.78, 5) is 11.8.